The molecule has 2 amide bonds. The molecule has 1 N–H and O–H groups in total. The van der Waals surface area contributed by atoms with Gasteiger partial charge in [-0.05, 0) is 68.3 Å². The maximum absolute atomic E-state index is 15.1. The van der Waals surface area contributed by atoms with Gasteiger partial charge < -0.3 is 19.9 Å². The number of alkyl halides is 2. The molecule has 36 heavy (non-hydrogen) atoms. The molecule has 200 valence electrons. The van der Waals surface area contributed by atoms with Crippen LogP contribution in [0.4, 0.5) is 13.6 Å². The van der Waals surface area contributed by atoms with Crippen LogP contribution in [0.5, 0.6) is 0 Å². The van der Waals surface area contributed by atoms with Crippen molar-refractivity contribution >= 4 is 6.03 Å². The van der Waals surface area contributed by atoms with Crippen molar-refractivity contribution in [2.45, 2.75) is 102 Å². The standard InChI is InChI=1S/C29H43F2N3O2/c1-21-6-8-22(9-7-21)28(3)14-17-34(18-15-28)26(35)32-25-24(5-4-11-29(25,30)31)36-23-10-16-33(19-23)20-27(2)12-13-27/h6-9,23-25H,4-5,10-20H2,1-3H3,(H,32,35)/t23-,24-,25+/m0/s1. The van der Waals surface area contributed by atoms with E-state index in [1.54, 1.807) is 4.90 Å². The van der Waals surface area contributed by atoms with E-state index in [9.17, 15) is 4.79 Å². The number of halogens is 2. The van der Waals surface area contributed by atoms with Gasteiger partial charge >= 0.3 is 6.03 Å². The van der Waals surface area contributed by atoms with Gasteiger partial charge in [0.2, 0.25) is 0 Å². The molecule has 2 heterocycles. The average molecular weight is 504 g/mol. The second kappa shape index (κ2) is 9.86. The summed E-state index contributed by atoms with van der Waals surface area (Å²) in [5.41, 5.74) is 2.94. The van der Waals surface area contributed by atoms with Crippen LogP contribution in [0.1, 0.15) is 76.3 Å². The maximum Gasteiger partial charge on any atom is 0.317 e. The van der Waals surface area contributed by atoms with Crippen molar-refractivity contribution in [1.29, 1.82) is 0 Å². The zero-order valence-electron chi connectivity index (χ0n) is 22.2. The van der Waals surface area contributed by atoms with E-state index in [1.807, 2.05) is 0 Å². The van der Waals surface area contributed by atoms with Gasteiger partial charge in [0.05, 0.1) is 12.2 Å². The number of amides is 2. The molecule has 5 nitrogen and oxygen atoms in total. The minimum absolute atomic E-state index is 0.00319. The third-order valence-electron chi connectivity index (χ3n) is 9.31. The molecule has 0 aromatic heterocycles. The molecule has 1 aromatic rings. The maximum atomic E-state index is 15.1. The minimum Gasteiger partial charge on any atom is -0.371 e. The number of carbonyl (C=O) groups excluding carboxylic acids is 1. The van der Waals surface area contributed by atoms with E-state index in [-0.39, 0.29) is 24.0 Å². The van der Waals surface area contributed by atoms with Crippen LogP contribution in [0.3, 0.4) is 0 Å². The molecule has 0 radical (unpaired) electrons. The molecule has 2 saturated carbocycles. The topological polar surface area (TPSA) is 44.8 Å². The summed E-state index contributed by atoms with van der Waals surface area (Å²) in [6.45, 7) is 10.6. The molecule has 2 aliphatic carbocycles. The largest absolute Gasteiger partial charge is 0.371 e. The second-order valence-electron chi connectivity index (χ2n) is 12.6. The number of likely N-dealkylation sites (tertiary alicyclic amines) is 2. The number of nitrogens with one attached hydrogen (secondary N) is 1. The zero-order chi connectivity index (χ0) is 25.6. The van der Waals surface area contributed by atoms with Crippen molar-refractivity contribution < 1.29 is 18.3 Å². The Morgan fingerprint density at radius 2 is 1.72 bits per heavy atom. The first-order chi connectivity index (χ1) is 17.1. The lowest BCUT2D eigenvalue weighted by atomic mass is 9.74. The van der Waals surface area contributed by atoms with Gasteiger partial charge in [0.1, 0.15) is 6.04 Å². The van der Waals surface area contributed by atoms with Crippen LogP contribution in [0.25, 0.3) is 0 Å². The third-order valence-corrected chi connectivity index (χ3v) is 9.31. The summed E-state index contributed by atoms with van der Waals surface area (Å²) in [6.07, 6.45) is 5.20. The summed E-state index contributed by atoms with van der Waals surface area (Å²) in [7, 11) is 0. The highest BCUT2D eigenvalue weighted by atomic mass is 19.3. The molecule has 2 saturated heterocycles. The van der Waals surface area contributed by atoms with Gasteiger partial charge in [0, 0.05) is 39.1 Å². The number of carbonyl (C=O) groups is 1. The highest BCUT2D eigenvalue weighted by molar-refractivity contribution is 5.75. The van der Waals surface area contributed by atoms with Crippen molar-refractivity contribution in [3.63, 3.8) is 0 Å². The molecule has 0 spiro atoms. The first kappa shape index (κ1) is 25.9. The number of hydrogen-bond acceptors (Lipinski definition) is 3. The molecule has 3 atom stereocenters. The van der Waals surface area contributed by atoms with E-state index in [0.29, 0.717) is 31.3 Å². The lowest BCUT2D eigenvalue weighted by Crippen LogP contribution is -2.61. The summed E-state index contributed by atoms with van der Waals surface area (Å²) >= 11 is 0. The monoisotopic (exact) mass is 503 g/mol. The number of benzene rings is 1. The molecule has 5 rings (SSSR count). The van der Waals surface area contributed by atoms with Crippen molar-refractivity contribution in [3.05, 3.63) is 35.4 Å². The van der Waals surface area contributed by atoms with Crippen molar-refractivity contribution in [2.24, 2.45) is 5.41 Å². The van der Waals surface area contributed by atoms with Crippen LogP contribution in [-0.2, 0) is 10.2 Å². The number of ether oxygens (including phenoxy) is 1. The Balaban J connectivity index is 1.17. The fourth-order valence-corrected chi connectivity index (χ4v) is 6.36. The number of hydrogen-bond donors (Lipinski definition) is 1. The van der Waals surface area contributed by atoms with Gasteiger partial charge in [-0.1, -0.05) is 43.7 Å². The fraction of sp³-hybridized carbons (Fsp3) is 0.759. The Morgan fingerprint density at radius 3 is 2.39 bits per heavy atom. The summed E-state index contributed by atoms with van der Waals surface area (Å²) in [5, 5.41) is 2.74. The fourth-order valence-electron chi connectivity index (χ4n) is 6.36. The van der Waals surface area contributed by atoms with Gasteiger partial charge in [-0.3, -0.25) is 0 Å². The second-order valence-corrected chi connectivity index (χ2v) is 12.6. The van der Waals surface area contributed by atoms with E-state index >= 15 is 8.78 Å². The van der Waals surface area contributed by atoms with Crippen molar-refractivity contribution in [2.75, 3.05) is 32.7 Å². The minimum atomic E-state index is -2.95. The van der Waals surface area contributed by atoms with E-state index in [1.165, 1.54) is 24.0 Å². The Labute approximate surface area is 214 Å². The predicted octanol–water partition coefficient (Wildman–Crippen LogP) is 5.51. The van der Waals surface area contributed by atoms with Crippen LogP contribution in [0.15, 0.2) is 24.3 Å². The molecule has 2 aliphatic heterocycles. The SMILES string of the molecule is Cc1ccc(C2(C)CCN(C(=O)N[C@@H]3[C@@H](O[C@H]4CCN(CC5(C)CC5)C4)CCCC3(F)F)CC2)cc1. The molecule has 1 aromatic carbocycles. The Kier molecular flexibility index (Phi) is 7.10. The normalized spacial score (nSPS) is 31.2. The summed E-state index contributed by atoms with van der Waals surface area (Å²) in [5.74, 6) is -2.95. The summed E-state index contributed by atoms with van der Waals surface area (Å²) < 4.78 is 36.5. The third kappa shape index (κ3) is 5.72. The molecule has 4 aliphatic rings. The smallest absolute Gasteiger partial charge is 0.317 e. The number of piperidine rings is 1. The Bertz CT molecular complexity index is 925. The summed E-state index contributed by atoms with van der Waals surface area (Å²) in [6, 6.07) is 6.95. The highest BCUT2D eigenvalue weighted by Crippen LogP contribution is 2.46. The first-order valence-corrected chi connectivity index (χ1v) is 13.9. The molecule has 0 bridgehead atoms. The quantitative estimate of drug-likeness (QED) is 0.557. The van der Waals surface area contributed by atoms with E-state index in [0.717, 1.165) is 38.9 Å². The van der Waals surface area contributed by atoms with E-state index in [2.05, 4.69) is 55.3 Å². The molecule has 0 unspecified atom stereocenters. The molecular weight excluding hydrogens is 460 g/mol. The Hall–Kier alpha value is -1.73. The highest BCUT2D eigenvalue weighted by Gasteiger charge is 2.50. The Morgan fingerprint density at radius 1 is 1.03 bits per heavy atom. The molecular formula is C29H43F2N3O2. The predicted molar refractivity (Wildman–Crippen MR) is 138 cm³/mol. The van der Waals surface area contributed by atoms with E-state index < -0.39 is 18.1 Å². The van der Waals surface area contributed by atoms with Gasteiger partial charge in [-0.2, -0.15) is 0 Å². The number of aryl methyl sites for hydroxylation is 1. The van der Waals surface area contributed by atoms with Gasteiger partial charge in [-0.15, -0.1) is 0 Å². The number of urea groups is 1. The van der Waals surface area contributed by atoms with Crippen molar-refractivity contribution in [1.82, 2.24) is 15.1 Å². The van der Waals surface area contributed by atoms with Crippen molar-refractivity contribution in [3.8, 4) is 0 Å². The number of rotatable bonds is 6. The van der Waals surface area contributed by atoms with E-state index in [4.69, 9.17) is 4.74 Å². The lowest BCUT2D eigenvalue weighted by Gasteiger charge is -2.43. The van der Waals surface area contributed by atoms with Gasteiger partial charge in [0.15, 0.2) is 0 Å². The van der Waals surface area contributed by atoms with Crippen LogP contribution in [0.2, 0.25) is 0 Å². The zero-order valence-corrected chi connectivity index (χ0v) is 22.2. The van der Waals surface area contributed by atoms with Crippen LogP contribution < -0.4 is 5.32 Å². The molecule has 4 fully saturated rings. The van der Waals surface area contributed by atoms with Gasteiger partial charge in [0.25, 0.3) is 5.92 Å². The first-order valence-electron chi connectivity index (χ1n) is 13.9. The van der Waals surface area contributed by atoms with Gasteiger partial charge in [-0.25, -0.2) is 13.6 Å². The van der Waals surface area contributed by atoms with Crippen LogP contribution in [0, 0.1) is 12.3 Å². The average Bonchev–Trinajstić information content (AvgIpc) is 3.40. The lowest BCUT2D eigenvalue weighted by molar-refractivity contribution is -0.138. The molecule has 7 heteroatoms. The summed E-state index contributed by atoms with van der Waals surface area (Å²) in [4.78, 5) is 17.3. The number of nitrogens with zero attached hydrogens (tertiary/aromatic N) is 2. The van der Waals surface area contributed by atoms with Crippen LogP contribution >= 0.6 is 0 Å². The van der Waals surface area contributed by atoms with Crippen LogP contribution in [-0.4, -0.2) is 72.7 Å².